The van der Waals surface area contributed by atoms with Crippen molar-refractivity contribution in [2.75, 3.05) is 55.6 Å². The molecule has 6 nitrogen and oxygen atoms in total. The van der Waals surface area contributed by atoms with E-state index in [4.69, 9.17) is 5.73 Å². The third kappa shape index (κ3) is 3.29. The van der Waals surface area contributed by atoms with Crippen molar-refractivity contribution in [2.24, 2.45) is 0 Å². The molecule has 2 N–H and O–H groups in total. The first kappa shape index (κ1) is 16.4. The van der Waals surface area contributed by atoms with Crippen LogP contribution in [-0.2, 0) is 9.84 Å². The second-order valence-electron chi connectivity index (χ2n) is 5.02. The molecule has 1 aromatic rings. The Labute approximate surface area is 133 Å². The summed E-state index contributed by atoms with van der Waals surface area (Å²) in [6.07, 6.45) is 1.91. The van der Waals surface area contributed by atoms with Gasteiger partial charge in [-0.2, -0.15) is 0 Å². The van der Waals surface area contributed by atoms with Crippen molar-refractivity contribution in [3.05, 3.63) is 4.88 Å². The van der Waals surface area contributed by atoms with Crippen LogP contribution in [0, 0.1) is 0 Å². The van der Waals surface area contributed by atoms with Crippen LogP contribution in [0.15, 0.2) is 4.90 Å². The van der Waals surface area contributed by atoms with Crippen LogP contribution >= 0.6 is 23.1 Å². The van der Waals surface area contributed by atoms with Gasteiger partial charge in [-0.25, -0.2) is 8.42 Å². The Morgan fingerprint density at radius 3 is 2.38 bits per heavy atom. The molecule has 0 aromatic carbocycles. The first-order valence-electron chi connectivity index (χ1n) is 6.40. The lowest BCUT2D eigenvalue weighted by molar-refractivity contribution is 0.0833. The summed E-state index contributed by atoms with van der Waals surface area (Å²) in [7, 11) is 0.449. The van der Waals surface area contributed by atoms with Gasteiger partial charge in [-0.1, -0.05) is 0 Å². The van der Waals surface area contributed by atoms with E-state index in [0.29, 0.717) is 23.7 Å². The zero-order chi connectivity index (χ0) is 15.8. The maximum absolute atomic E-state index is 12.2. The van der Waals surface area contributed by atoms with Gasteiger partial charge in [0.25, 0.3) is 5.91 Å². The minimum absolute atomic E-state index is 0.122. The van der Waals surface area contributed by atoms with Crippen molar-refractivity contribution in [1.29, 1.82) is 0 Å². The van der Waals surface area contributed by atoms with Crippen molar-refractivity contribution >= 4 is 49.5 Å². The Morgan fingerprint density at radius 2 is 1.90 bits per heavy atom. The molecule has 9 heteroatoms. The zero-order valence-electron chi connectivity index (χ0n) is 12.2. The minimum atomic E-state index is -2.93. The van der Waals surface area contributed by atoms with Crippen molar-refractivity contribution in [3.8, 4) is 0 Å². The highest BCUT2D eigenvalue weighted by molar-refractivity contribution is 7.99. The van der Waals surface area contributed by atoms with Gasteiger partial charge in [0, 0.05) is 27.2 Å². The molecule has 1 amide bonds. The van der Waals surface area contributed by atoms with Gasteiger partial charge in [0.15, 0.2) is 9.84 Å². The predicted molar refractivity (Wildman–Crippen MR) is 89.4 cm³/mol. The summed E-state index contributed by atoms with van der Waals surface area (Å²) in [4.78, 5) is 17.1. The summed E-state index contributed by atoms with van der Waals surface area (Å²) in [5.74, 6) is 0.175. The van der Waals surface area contributed by atoms with Crippen LogP contribution in [0.2, 0.25) is 0 Å². The number of carbonyl (C=O) groups excluding carboxylic acids is 1. The van der Waals surface area contributed by atoms with E-state index in [-0.39, 0.29) is 17.4 Å². The molecule has 2 rings (SSSR count). The van der Waals surface area contributed by atoms with Crippen LogP contribution in [-0.4, -0.2) is 64.2 Å². The molecule has 0 spiro atoms. The average molecular weight is 350 g/mol. The van der Waals surface area contributed by atoms with E-state index < -0.39 is 9.84 Å². The standard InChI is InChI=1S/C12H19N3O3S3/c1-14(2)11(16)9-8(13)10(19-3)12(20-9)15-4-6-21(17,18)7-5-15/h4-7,13H2,1-3H3. The monoisotopic (exact) mass is 349 g/mol. The molecule has 21 heavy (non-hydrogen) atoms. The van der Waals surface area contributed by atoms with Gasteiger partial charge in [-0.3, -0.25) is 4.79 Å². The second-order valence-corrected chi connectivity index (χ2v) is 9.14. The predicted octanol–water partition coefficient (Wildman–Crippen LogP) is 0.989. The average Bonchev–Trinajstić information content (AvgIpc) is 2.74. The lowest BCUT2D eigenvalue weighted by Gasteiger charge is -2.28. The van der Waals surface area contributed by atoms with Crippen LogP contribution in [0.25, 0.3) is 0 Å². The number of thioether (sulfide) groups is 1. The van der Waals surface area contributed by atoms with E-state index in [1.165, 1.54) is 28.0 Å². The molecule has 1 aliphatic rings. The van der Waals surface area contributed by atoms with Crippen LogP contribution < -0.4 is 10.6 Å². The van der Waals surface area contributed by atoms with Gasteiger partial charge in [-0.15, -0.1) is 23.1 Å². The first-order valence-corrected chi connectivity index (χ1v) is 10.3. The molecule has 0 bridgehead atoms. The number of hydrogen-bond acceptors (Lipinski definition) is 7. The highest BCUT2D eigenvalue weighted by Crippen LogP contribution is 2.44. The van der Waals surface area contributed by atoms with Gasteiger partial charge >= 0.3 is 0 Å². The van der Waals surface area contributed by atoms with Crippen molar-refractivity contribution in [2.45, 2.75) is 4.90 Å². The fourth-order valence-electron chi connectivity index (χ4n) is 2.10. The number of sulfone groups is 1. The smallest absolute Gasteiger partial charge is 0.265 e. The van der Waals surface area contributed by atoms with Crippen LogP contribution in [0.3, 0.4) is 0 Å². The molecule has 0 unspecified atom stereocenters. The maximum Gasteiger partial charge on any atom is 0.265 e. The molecular formula is C12H19N3O3S3. The Bertz CT molecular complexity index is 638. The SMILES string of the molecule is CSc1c(N2CCS(=O)(=O)CC2)sc(C(=O)N(C)C)c1N. The van der Waals surface area contributed by atoms with E-state index in [9.17, 15) is 13.2 Å². The number of carbonyl (C=O) groups is 1. The highest BCUT2D eigenvalue weighted by Gasteiger charge is 2.28. The lowest BCUT2D eigenvalue weighted by atomic mass is 10.3. The number of nitrogens with zero attached hydrogens (tertiary/aromatic N) is 2. The molecule has 0 radical (unpaired) electrons. The fourth-order valence-corrected chi connectivity index (χ4v) is 5.56. The third-order valence-corrected chi connectivity index (χ3v) is 7.13. The molecule has 118 valence electrons. The Morgan fingerprint density at radius 1 is 1.33 bits per heavy atom. The van der Waals surface area contributed by atoms with E-state index in [2.05, 4.69) is 0 Å². The quantitative estimate of drug-likeness (QED) is 0.819. The number of nitrogen functional groups attached to an aromatic ring is 1. The van der Waals surface area contributed by atoms with E-state index >= 15 is 0 Å². The summed E-state index contributed by atoms with van der Waals surface area (Å²) < 4.78 is 23.1. The molecule has 0 atom stereocenters. The summed E-state index contributed by atoms with van der Waals surface area (Å²) in [5, 5.41) is 0.903. The number of anilines is 2. The van der Waals surface area contributed by atoms with Crippen LogP contribution in [0.1, 0.15) is 9.67 Å². The topological polar surface area (TPSA) is 83.7 Å². The number of nitrogens with two attached hydrogens (primary N) is 1. The number of hydrogen-bond donors (Lipinski definition) is 1. The minimum Gasteiger partial charge on any atom is -0.396 e. The molecule has 0 aliphatic carbocycles. The largest absolute Gasteiger partial charge is 0.396 e. The second kappa shape index (κ2) is 6.05. The summed E-state index contributed by atoms with van der Waals surface area (Å²) in [6.45, 7) is 0.900. The van der Waals surface area contributed by atoms with Crippen LogP contribution in [0.4, 0.5) is 10.7 Å². The number of thiophene rings is 1. The lowest BCUT2D eigenvalue weighted by Crippen LogP contribution is -2.40. The van der Waals surface area contributed by atoms with E-state index in [1.54, 1.807) is 14.1 Å². The van der Waals surface area contributed by atoms with Gasteiger partial charge in [0.2, 0.25) is 0 Å². The summed E-state index contributed by atoms with van der Waals surface area (Å²) in [5.41, 5.74) is 6.61. The van der Waals surface area contributed by atoms with E-state index in [0.717, 1.165) is 9.90 Å². The molecule has 2 heterocycles. The van der Waals surface area contributed by atoms with Crippen molar-refractivity contribution in [3.63, 3.8) is 0 Å². The number of amides is 1. The normalized spacial score (nSPS) is 17.8. The van der Waals surface area contributed by atoms with Gasteiger partial charge < -0.3 is 15.5 Å². The van der Waals surface area contributed by atoms with Crippen LogP contribution in [0.5, 0.6) is 0 Å². The fraction of sp³-hybridized carbons (Fsp3) is 0.583. The third-order valence-electron chi connectivity index (χ3n) is 3.32. The maximum atomic E-state index is 12.2. The molecule has 1 fully saturated rings. The molecule has 0 saturated carbocycles. The van der Waals surface area contributed by atoms with Gasteiger partial charge in [0.05, 0.1) is 22.1 Å². The Balaban J connectivity index is 2.36. The zero-order valence-corrected chi connectivity index (χ0v) is 14.7. The molecule has 1 saturated heterocycles. The molecular weight excluding hydrogens is 330 g/mol. The van der Waals surface area contributed by atoms with Crippen molar-refractivity contribution in [1.82, 2.24) is 4.90 Å². The molecule has 1 aliphatic heterocycles. The first-order chi connectivity index (χ1) is 9.76. The number of rotatable bonds is 3. The van der Waals surface area contributed by atoms with Gasteiger partial charge in [0.1, 0.15) is 9.88 Å². The van der Waals surface area contributed by atoms with Crippen molar-refractivity contribution < 1.29 is 13.2 Å². The molecule has 1 aromatic heterocycles. The van der Waals surface area contributed by atoms with E-state index in [1.807, 2.05) is 11.2 Å². The Hall–Kier alpha value is -0.930. The Kier molecular flexibility index (Phi) is 4.74. The summed E-state index contributed by atoms with van der Waals surface area (Å²) in [6, 6.07) is 0. The van der Waals surface area contributed by atoms with Gasteiger partial charge in [-0.05, 0) is 6.26 Å². The summed E-state index contributed by atoms with van der Waals surface area (Å²) >= 11 is 2.84. The highest BCUT2D eigenvalue weighted by atomic mass is 32.2.